The predicted molar refractivity (Wildman–Crippen MR) is 120 cm³/mol. The minimum absolute atomic E-state index is 0.257. The molecule has 0 bridgehead atoms. The number of hydrogen-bond acceptors (Lipinski definition) is 7. The zero-order chi connectivity index (χ0) is 22.0. The molecule has 8 nitrogen and oxygen atoms in total. The van der Waals surface area contributed by atoms with Crippen LogP contribution in [0.3, 0.4) is 0 Å². The molecule has 9 heteroatoms. The van der Waals surface area contributed by atoms with Crippen LogP contribution in [0.15, 0.2) is 57.1 Å². The van der Waals surface area contributed by atoms with Gasteiger partial charge in [0.05, 0.1) is 19.7 Å². The van der Waals surface area contributed by atoms with Crippen LogP contribution in [0, 0.1) is 6.92 Å². The molecule has 1 aliphatic rings. The average molecular weight is 437 g/mol. The summed E-state index contributed by atoms with van der Waals surface area (Å²) in [6.07, 6.45) is 1.23. The monoisotopic (exact) mass is 437 g/mol. The molecule has 0 saturated carbocycles. The van der Waals surface area contributed by atoms with E-state index in [1.54, 1.807) is 7.11 Å². The van der Waals surface area contributed by atoms with Gasteiger partial charge in [0.25, 0.3) is 0 Å². The fourth-order valence-corrected chi connectivity index (χ4v) is 4.31. The number of nitrogens with zero attached hydrogens (tertiary/aromatic N) is 2. The first-order chi connectivity index (χ1) is 15.0. The number of fused-ring (bicyclic) bond motifs is 1. The first-order valence-corrected chi connectivity index (χ1v) is 10.3. The van der Waals surface area contributed by atoms with Crippen molar-refractivity contribution in [3.05, 3.63) is 53.8 Å². The van der Waals surface area contributed by atoms with Crippen LogP contribution in [0.4, 0.5) is 0 Å². The van der Waals surface area contributed by atoms with Crippen molar-refractivity contribution < 1.29 is 23.8 Å². The van der Waals surface area contributed by atoms with Crippen molar-refractivity contribution in [2.45, 2.75) is 18.6 Å². The first kappa shape index (κ1) is 20.7. The van der Waals surface area contributed by atoms with Crippen molar-refractivity contribution in [3.63, 3.8) is 0 Å². The number of carboxylic acid groups (broad SMARTS) is 1. The third-order valence-corrected chi connectivity index (χ3v) is 5.83. The molecule has 158 valence electrons. The molecule has 1 unspecified atom stereocenters. The number of benzene rings is 2. The summed E-state index contributed by atoms with van der Waals surface area (Å²) < 4.78 is 11.5. The van der Waals surface area contributed by atoms with Gasteiger partial charge >= 0.3 is 5.97 Å². The summed E-state index contributed by atoms with van der Waals surface area (Å²) in [6, 6.07) is 13.7. The Kier molecular flexibility index (Phi) is 5.77. The Bertz CT molecular complexity index is 1220. The number of carbonyl (C=O) groups excluding carboxylic acids is 1. The van der Waals surface area contributed by atoms with E-state index in [1.807, 2.05) is 49.4 Å². The molecular formula is C22H19N3O5S. The summed E-state index contributed by atoms with van der Waals surface area (Å²) in [7, 11) is 1.57. The van der Waals surface area contributed by atoms with Crippen LogP contribution in [-0.2, 0) is 9.59 Å². The molecule has 2 heterocycles. The lowest BCUT2D eigenvalue weighted by atomic mass is 10.0. The maximum atomic E-state index is 11.8. The minimum Gasteiger partial charge on any atom is -0.496 e. The topological polar surface area (TPSA) is 113 Å². The van der Waals surface area contributed by atoms with Crippen LogP contribution < -0.4 is 10.1 Å². The van der Waals surface area contributed by atoms with Crippen molar-refractivity contribution in [1.82, 2.24) is 5.32 Å². The molecule has 31 heavy (non-hydrogen) atoms. The molecule has 2 N–H and O–H groups in total. The number of aryl methyl sites for hydroxylation is 1. The molecule has 1 fully saturated rings. The summed E-state index contributed by atoms with van der Waals surface area (Å²) in [4.78, 5) is 22.6. The number of amidine groups is 1. The van der Waals surface area contributed by atoms with Gasteiger partial charge in [0.15, 0.2) is 5.17 Å². The Balaban J connectivity index is 1.63. The highest BCUT2D eigenvalue weighted by molar-refractivity contribution is 8.15. The van der Waals surface area contributed by atoms with E-state index in [9.17, 15) is 9.59 Å². The fourth-order valence-electron chi connectivity index (χ4n) is 3.39. The summed E-state index contributed by atoms with van der Waals surface area (Å²) in [5.74, 6) is -0.0349. The largest absolute Gasteiger partial charge is 0.496 e. The highest BCUT2D eigenvalue weighted by Gasteiger charge is 2.32. The second kappa shape index (κ2) is 8.65. The fraction of sp³-hybridized carbons (Fsp3) is 0.182. The standard InChI is InChI=1S/C22H19N3O5S/c1-12-20(13-6-4-3-5-7-13)15-9-16(29-2)14(8-17(15)30-12)11-23-25-22-24-21(28)18(31-22)10-19(26)27/h3-9,11,18H,10H2,1-2H3,(H,26,27)(H,24,25,28). The van der Waals surface area contributed by atoms with Gasteiger partial charge in [-0.25, -0.2) is 0 Å². The number of methoxy groups -OCH3 is 1. The van der Waals surface area contributed by atoms with Crippen molar-refractivity contribution in [3.8, 4) is 16.9 Å². The van der Waals surface area contributed by atoms with E-state index in [2.05, 4.69) is 15.5 Å². The van der Waals surface area contributed by atoms with Gasteiger partial charge in [-0.05, 0) is 24.6 Å². The van der Waals surface area contributed by atoms with Crippen LogP contribution in [0.5, 0.6) is 5.75 Å². The van der Waals surface area contributed by atoms with Gasteiger partial charge in [-0.2, -0.15) is 5.10 Å². The number of furan rings is 1. The van der Waals surface area contributed by atoms with Crippen LogP contribution >= 0.6 is 11.8 Å². The Labute approximate surface area is 182 Å². The van der Waals surface area contributed by atoms with E-state index in [-0.39, 0.29) is 17.5 Å². The van der Waals surface area contributed by atoms with Crippen molar-refractivity contribution >= 4 is 46.0 Å². The zero-order valence-corrected chi connectivity index (χ0v) is 17.6. The maximum absolute atomic E-state index is 11.8. The third-order valence-electron chi connectivity index (χ3n) is 4.76. The van der Waals surface area contributed by atoms with Gasteiger partial charge in [-0.15, -0.1) is 5.10 Å². The molecule has 1 amide bonds. The van der Waals surface area contributed by atoms with Gasteiger partial charge in [-0.3, -0.25) is 9.59 Å². The van der Waals surface area contributed by atoms with Gasteiger partial charge in [0.2, 0.25) is 5.91 Å². The molecule has 1 saturated heterocycles. The Morgan fingerprint density at radius 3 is 2.81 bits per heavy atom. The van der Waals surface area contributed by atoms with Crippen LogP contribution in [0.1, 0.15) is 17.7 Å². The molecule has 0 radical (unpaired) electrons. The van der Waals surface area contributed by atoms with Crippen LogP contribution in [-0.4, -0.2) is 40.7 Å². The summed E-state index contributed by atoms with van der Waals surface area (Å²) in [6.45, 7) is 1.92. The molecule has 4 rings (SSSR count). The Morgan fingerprint density at radius 1 is 1.32 bits per heavy atom. The SMILES string of the molecule is COc1cc2c(-c3ccccc3)c(C)oc2cc1C=NN=C1NC(=O)C(CC(=O)O)S1. The maximum Gasteiger partial charge on any atom is 0.305 e. The number of carbonyl (C=O) groups is 2. The number of nitrogens with one attached hydrogen (secondary N) is 1. The summed E-state index contributed by atoms with van der Waals surface area (Å²) in [5.41, 5.74) is 3.41. The number of ether oxygens (including phenoxy) is 1. The second-order valence-electron chi connectivity index (χ2n) is 6.83. The highest BCUT2D eigenvalue weighted by atomic mass is 32.2. The average Bonchev–Trinajstić information content (AvgIpc) is 3.25. The third kappa shape index (κ3) is 4.31. The molecule has 0 aliphatic carbocycles. The Hall–Kier alpha value is -3.59. The van der Waals surface area contributed by atoms with Crippen molar-refractivity contribution in [2.75, 3.05) is 7.11 Å². The number of amides is 1. The van der Waals surface area contributed by atoms with Gasteiger partial charge < -0.3 is 19.6 Å². The molecule has 2 aromatic carbocycles. The smallest absolute Gasteiger partial charge is 0.305 e. The van der Waals surface area contributed by atoms with Crippen LogP contribution in [0.2, 0.25) is 0 Å². The molecule has 1 aromatic heterocycles. The molecule has 3 aromatic rings. The van der Waals surface area contributed by atoms with Gasteiger partial charge in [-0.1, -0.05) is 42.1 Å². The summed E-state index contributed by atoms with van der Waals surface area (Å²) >= 11 is 1.04. The molecular weight excluding hydrogens is 418 g/mol. The summed E-state index contributed by atoms with van der Waals surface area (Å²) in [5, 5.41) is 19.9. The molecule has 1 atom stereocenters. The normalized spacial score (nSPS) is 17.5. The van der Waals surface area contributed by atoms with E-state index in [0.29, 0.717) is 16.9 Å². The lowest BCUT2D eigenvalue weighted by Crippen LogP contribution is -2.26. The molecule has 0 spiro atoms. The van der Waals surface area contributed by atoms with E-state index in [4.69, 9.17) is 14.3 Å². The van der Waals surface area contributed by atoms with Gasteiger partial charge in [0.1, 0.15) is 22.3 Å². The number of rotatable bonds is 6. The lowest BCUT2D eigenvalue weighted by Gasteiger charge is -2.05. The van der Waals surface area contributed by atoms with E-state index in [0.717, 1.165) is 34.0 Å². The zero-order valence-electron chi connectivity index (χ0n) is 16.8. The Morgan fingerprint density at radius 2 is 2.10 bits per heavy atom. The number of thioether (sulfide) groups is 1. The second-order valence-corrected chi connectivity index (χ2v) is 8.02. The quantitative estimate of drug-likeness (QED) is 0.448. The number of aliphatic carboxylic acids is 1. The van der Waals surface area contributed by atoms with E-state index >= 15 is 0 Å². The van der Waals surface area contributed by atoms with Crippen molar-refractivity contribution in [2.24, 2.45) is 10.2 Å². The molecule has 1 aliphatic heterocycles. The lowest BCUT2D eigenvalue weighted by molar-refractivity contribution is -0.138. The number of carboxylic acids is 1. The van der Waals surface area contributed by atoms with Gasteiger partial charge in [0, 0.05) is 16.5 Å². The van der Waals surface area contributed by atoms with E-state index < -0.39 is 11.2 Å². The predicted octanol–water partition coefficient (Wildman–Crippen LogP) is 3.81. The minimum atomic E-state index is -1.04. The highest BCUT2D eigenvalue weighted by Crippen LogP contribution is 2.37. The number of hydrogen-bond donors (Lipinski definition) is 2. The van der Waals surface area contributed by atoms with Crippen LogP contribution in [0.25, 0.3) is 22.1 Å². The van der Waals surface area contributed by atoms with Crippen molar-refractivity contribution in [1.29, 1.82) is 0 Å². The first-order valence-electron chi connectivity index (χ1n) is 9.43. The van der Waals surface area contributed by atoms with E-state index in [1.165, 1.54) is 6.21 Å².